The Morgan fingerprint density at radius 3 is 2.81 bits per heavy atom. The normalized spacial score (nSPS) is 26.0. The summed E-state index contributed by atoms with van der Waals surface area (Å²) in [5.41, 5.74) is 0.776. The SMILES string of the molecule is COc1ccc(F)cc1CN1C[C@@H](C(=O)O)[C@H](C2CC2)C1. The van der Waals surface area contributed by atoms with Gasteiger partial charge in [-0.1, -0.05) is 0 Å². The van der Waals surface area contributed by atoms with E-state index in [0.29, 0.717) is 24.8 Å². The van der Waals surface area contributed by atoms with E-state index in [2.05, 4.69) is 4.90 Å². The smallest absolute Gasteiger partial charge is 0.308 e. The van der Waals surface area contributed by atoms with E-state index < -0.39 is 5.97 Å². The Morgan fingerprint density at radius 1 is 1.43 bits per heavy atom. The second-order valence-corrected chi connectivity index (χ2v) is 6.10. The summed E-state index contributed by atoms with van der Waals surface area (Å²) in [6.45, 7) is 1.85. The predicted molar refractivity (Wildman–Crippen MR) is 75.6 cm³/mol. The first-order valence-corrected chi connectivity index (χ1v) is 7.36. The number of aliphatic carboxylic acids is 1. The molecule has 1 aromatic carbocycles. The highest BCUT2D eigenvalue weighted by Crippen LogP contribution is 2.44. The van der Waals surface area contributed by atoms with Crippen molar-refractivity contribution in [2.75, 3.05) is 20.2 Å². The van der Waals surface area contributed by atoms with E-state index >= 15 is 0 Å². The first kappa shape index (κ1) is 14.3. The van der Waals surface area contributed by atoms with Crippen molar-refractivity contribution in [3.8, 4) is 5.75 Å². The van der Waals surface area contributed by atoms with Gasteiger partial charge in [0.15, 0.2) is 0 Å². The van der Waals surface area contributed by atoms with Crippen LogP contribution in [0.25, 0.3) is 0 Å². The maximum absolute atomic E-state index is 13.4. The van der Waals surface area contributed by atoms with Crippen molar-refractivity contribution in [2.45, 2.75) is 19.4 Å². The number of benzene rings is 1. The third-order valence-electron chi connectivity index (χ3n) is 4.62. The average molecular weight is 293 g/mol. The van der Waals surface area contributed by atoms with Crippen LogP contribution in [0.1, 0.15) is 18.4 Å². The average Bonchev–Trinajstić information content (AvgIpc) is 3.20. The topological polar surface area (TPSA) is 49.8 Å². The first-order valence-electron chi connectivity index (χ1n) is 7.36. The number of hydrogen-bond acceptors (Lipinski definition) is 3. The molecule has 0 amide bonds. The number of methoxy groups -OCH3 is 1. The molecule has 1 aliphatic carbocycles. The van der Waals surface area contributed by atoms with Crippen LogP contribution in [0.5, 0.6) is 5.75 Å². The Bertz CT molecular complexity index is 544. The molecule has 2 aliphatic rings. The van der Waals surface area contributed by atoms with Crippen LogP contribution in [-0.2, 0) is 11.3 Å². The molecule has 0 bridgehead atoms. The fourth-order valence-electron chi connectivity index (χ4n) is 3.42. The minimum absolute atomic E-state index is 0.238. The minimum atomic E-state index is -0.708. The van der Waals surface area contributed by atoms with Crippen LogP contribution in [0, 0.1) is 23.6 Å². The highest BCUT2D eigenvalue weighted by molar-refractivity contribution is 5.71. The van der Waals surface area contributed by atoms with Crippen molar-refractivity contribution < 1.29 is 19.0 Å². The summed E-state index contributed by atoms with van der Waals surface area (Å²) in [6.07, 6.45) is 2.29. The Hall–Kier alpha value is -1.62. The van der Waals surface area contributed by atoms with E-state index in [1.54, 1.807) is 13.2 Å². The third-order valence-corrected chi connectivity index (χ3v) is 4.62. The fourth-order valence-corrected chi connectivity index (χ4v) is 3.42. The molecule has 21 heavy (non-hydrogen) atoms. The van der Waals surface area contributed by atoms with Gasteiger partial charge in [-0.05, 0) is 42.9 Å². The Labute approximate surface area is 123 Å². The van der Waals surface area contributed by atoms with Crippen LogP contribution in [0.2, 0.25) is 0 Å². The van der Waals surface area contributed by atoms with Crippen molar-refractivity contribution in [3.63, 3.8) is 0 Å². The number of nitrogens with zero attached hydrogens (tertiary/aromatic N) is 1. The summed E-state index contributed by atoms with van der Waals surface area (Å²) in [5.74, 6) is 0.155. The van der Waals surface area contributed by atoms with Crippen molar-refractivity contribution in [3.05, 3.63) is 29.6 Å². The van der Waals surface area contributed by atoms with Gasteiger partial charge in [-0.2, -0.15) is 0 Å². The lowest BCUT2D eigenvalue weighted by atomic mass is 9.92. The Kier molecular flexibility index (Phi) is 3.85. The molecule has 4 nitrogen and oxygen atoms in total. The van der Waals surface area contributed by atoms with Crippen LogP contribution < -0.4 is 4.74 Å². The van der Waals surface area contributed by atoms with Crippen LogP contribution in [-0.4, -0.2) is 36.2 Å². The van der Waals surface area contributed by atoms with Gasteiger partial charge < -0.3 is 9.84 Å². The molecular formula is C16H20FNO3. The first-order chi connectivity index (χ1) is 10.1. The summed E-state index contributed by atoms with van der Waals surface area (Å²) in [6, 6.07) is 4.46. The van der Waals surface area contributed by atoms with E-state index in [1.165, 1.54) is 12.1 Å². The molecule has 1 saturated carbocycles. The maximum Gasteiger partial charge on any atom is 0.308 e. The van der Waals surface area contributed by atoms with E-state index in [1.807, 2.05) is 0 Å². The van der Waals surface area contributed by atoms with Gasteiger partial charge in [-0.3, -0.25) is 9.69 Å². The summed E-state index contributed by atoms with van der Waals surface area (Å²) in [4.78, 5) is 13.5. The standard InChI is InChI=1S/C16H20FNO3/c1-21-15-5-4-12(17)6-11(15)7-18-8-13(10-2-3-10)14(9-18)16(19)20/h4-6,10,13-14H,2-3,7-9H2,1H3,(H,19,20)/t13-,14+/m0/s1. The second kappa shape index (κ2) is 5.64. The van der Waals surface area contributed by atoms with Crippen molar-refractivity contribution >= 4 is 5.97 Å². The van der Waals surface area contributed by atoms with Gasteiger partial charge in [0.1, 0.15) is 11.6 Å². The van der Waals surface area contributed by atoms with Gasteiger partial charge in [0.25, 0.3) is 0 Å². The van der Waals surface area contributed by atoms with Crippen molar-refractivity contribution in [2.24, 2.45) is 17.8 Å². The van der Waals surface area contributed by atoms with Crippen LogP contribution in [0.4, 0.5) is 4.39 Å². The zero-order chi connectivity index (χ0) is 15.0. The molecule has 114 valence electrons. The fraction of sp³-hybridized carbons (Fsp3) is 0.562. The molecule has 1 N–H and O–H groups in total. The maximum atomic E-state index is 13.4. The van der Waals surface area contributed by atoms with Crippen LogP contribution in [0.15, 0.2) is 18.2 Å². The molecule has 0 radical (unpaired) electrons. The lowest BCUT2D eigenvalue weighted by molar-refractivity contribution is -0.142. The van der Waals surface area contributed by atoms with Crippen molar-refractivity contribution in [1.29, 1.82) is 0 Å². The molecule has 0 spiro atoms. The molecule has 1 heterocycles. The quantitative estimate of drug-likeness (QED) is 0.905. The van der Waals surface area contributed by atoms with Gasteiger partial charge >= 0.3 is 5.97 Å². The lowest BCUT2D eigenvalue weighted by Gasteiger charge is -2.17. The molecule has 0 aromatic heterocycles. The van der Waals surface area contributed by atoms with Gasteiger partial charge in [0.2, 0.25) is 0 Å². The number of hydrogen-bond donors (Lipinski definition) is 1. The zero-order valence-electron chi connectivity index (χ0n) is 12.1. The molecular weight excluding hydrogens is 273 g/mol. The molecule has 3 rings (SSSR count). The number of carbonyl (C=O) groups is 1. The number of halogens is 1. The highest BCUT2D eigenvalue weighted by Gasteiger charge is 2.45. The number of carboxylic acids is 1. The number of ether oxygens (including phenoxy) is 1. The second-order valence-electron chi connectivity index (χ2n) is 6.10. The summed E-state index contributed by atoms with van der Waals surface area (Å²) >= 11 is 0. The molecule has 2 atom stereocenters. The highest BCUT2D eigenvalue weighted by atomic mass is 19.1. The molecule has 1 aromatic rings. The predicted octanol–water partition coefficient (Wildman–Crippen LogP) is 2.38. The molecule has 1 aliphatic heterocycles. The van der Waals surface area contributed by atoms with Crippen LogP contribution >= 0.6 is 0 Å². The molecule has 1 saturated heterocycles. The van der Waals surface area contributed by atoms with E-state index in [9.17, 15) is 14.3 Å². The molecule has 2 fully saturated rings. The number of likely N-dealkylation sites (tertiary alicyclic amines) is 1. The Morgan fingerprint density at radius 2 is 2.19 bits per heavy atom. The lowest BCUT2D eigenvalue weighted by Crippen LogP contribution is -2.24. The van der Waals surface area contributed by atoms with Crippen molar-refractivity contribution in [1.82, 2.24) is 4.90 Å². The van der Waals surface area contributed by atoms with Crippen LogP contribution in [0.3, 0.4) is 0 Å². The number of rotatable bonds is 5. The van der Waals surface area contributed by atoms with Gasteiger partial charge in [0.05, 0.1) is 13.0 Å². The summed E-state index contributed by atoms with van der Waals surface area (Å²) < 4.78 is 18.7. The van der Waals surface area contributed by atoms with E-state index in [-0.39, 0.29) is 17.7 Å². The summed E-state index contributed by atoms with van der Waals surface area (Å²) in [5, 5.41) is 9.38. The Balaban J connectivity index is 1.73. The zero-order valence-corrected chi connectivity index (χ0v) is 12.1. The van der Waals surface area contributed by atoms with E-state index in [0.717, 1.165) is 24.9 Å². The third kappa shape index (κ3) is 3.02. The van der Waals surface area contributed by atoms with Gasteiger partial charge in [-0.15, -0.1) is 0 Å². The molecule has 0 unspecified atom stereocenters. The monoisotopic (exact) mass is 293 g/mol. The minimum Gasteiger partial charge on any atom is -0.496 e. The van der Waals surface area contributed by atoms with E-state index in [4.69, 9.17) is 4.74 Å². The largest absolute Gasteiger partial charge is 0.496 e. The van der Waals surface area contributed by atoms with Gasteiger partial charge in [-0.25, -0.2) is 4.39 Å². The molecule has 5 heteroatoms. The number of carboxylic acid groups (broad SMARTS) is 1. The van der Waals surface area contributed by atoms with Gasteiger partial charge in [0, 0.05) is 25.2 Å². The summed E-state index contributed by atoms with van der Waals surface area (Å²) in [7, 11) is 1.56.